The molecule has 114 valence electrons. The number of nitrogens with one attached hydrogen (secondary N) is 1. The van der Waals surface area contributed by atoms with Crippen molar-refractivity contribution in [3.63, 3.8) is 0 Å². The van der Waals surface area contributed by atoms with Crippen LogP contribution in [0.15, 0.2) is 36.5 Å². The van der Waals surface area contributed by atoms with Crippen LogP contribution in [0.3, 0.4) is 0 Å². The SMILES string of the molecule is O=C(Cc1cc(Cl)c2c(c1)OCCCO2)Nc1ccccn1. The van der Waals surface area contributed by atoms with Crippen molar-refractivity contribution in [2.24, 2.45) is 0 Å². The van der Waals surface area contributed by atoms with Crippen molar-refractivity contribution in [3.05, 3.63) is 47.1 Å². The van der Waals surface area contributed by atoms with Gasteiger partial charge in [0.1, 0.15) is 5.82 Å². The van der Waals surface area contributed by atoms with E-state index in [2.05, 4.69) is 10.3 Å². The summed E-state index contributed by atoms with van der Waals surface area (Å²) in [7, 11) is 0. The first kappa shape index (κ1) is 14.7. The van der Waals surface area contributed by atoms with Crippen LogP contribution in [0, 0.1) is 0 Å². The molecule has 1 aliphatic heterocycles. The number of carbonyl (C=O) groups excluding carboxylic acids is 1. The number of benzene rings is 1. The fourth-order valence-corrected chi connectivity index (χ4v) is 2.48. The molecule has 0 saturated heterocycles. The fraction of sp³-hybridized carbons (Fsp3) is 0.250. The van der Waals surface area contributed by atoms with E-state index >= 15 is 0 Å². The minimum atomic E-state index is -0.163. The standard InChI is InChI=1S/C16H15ClN2O3/c17-12-8-11(9-13-16(12)22-7-3-6-21-13)10-15(20)19-14-4-1-2-5-18-14/h1-2,4-5,8-9H,3,6-7,10H2,(H,18,19,20). The molecule has 3 rings (SSSR count). The summed E-state index contributed by atoms with van der Waals surface area (Å²) in [5.41, 5.74) is 0.766. The van der Waals surface area contributed by atoms with E-state index < -0.39 is 0 Å². The Hall–Kier alpha value is -2.27. The average Bonchev–Trinajstić information content (AvgIpc) is 2.74. The van der Waals surface area contributed by atoms with E-state index in [-0.39, 0.29) is 12.3 Å². The van der Waals surface area contributed by atoms with Crippen molar-refractivity contribution in [2.45, 2.75) is 12.8 Å². The maximum Gasteiger partial charge on any atom is 0.229 e. The van der Waals surface area contributed by atoms with Crippen LogP contribution < -0.4 is 14.8 Å². The molecule has 1 aromatic carbocycles. The Morgan fingerprint density at radius 1 is 1.27 bits per heavy atom. The Balaban J connectivity index is 1.74. The van der Waals surface area contributed by atoms with Gasteiger partial charge in [0, 0.05) is 12.6 Å². The van der Waals surface area contributed by atoms with Gasteiger partial charge in [-0.25, -0.2) is 4.98 Å². The van der Waals surface area contributed by atoms with Gasteiger partial charge in [0.15, 0.2) is 11.5 Å². The zero-order valence-electron chi connectivity index (χ0n) is 11.8. The molecular formula is C16H15ClN2O3. The summed E-state index contributed by atoms with van der Waals surface area (Å²) in [5.74, 6) is 1.50. The number of amides is 1. The second kappa shape index (κ2) is 6.66. The minimum absolute atomic E-state index is 0.163. The third-order valence-corrected chi connectivity index (χ3v) is 3.44. The Labute approximate surface area is 133 Å². The highest BCUT2D eigenvalue weighted by molar-refractivity contribution is 6.32. The third kappa shape index (κ3) is 3.49. The van der Waals surface area contributed by atoms with Gasteiger partial charge >= 0.3 is 0 Å². The van der Waals surface area contributed by atoms with Crippen molar-refractivity contribution < 1.29 is 14.3 Å². The number of hydrogen-bond acceptors (Lipinski definition) is 4. The number of fused-ring (bicyclic) bond motifs is 1. The number of aromatic nitrogens is 1. The highest BCUT2D eigenvalue weighted by atomic mass is 35.5. The molecule has 0 atom stereocenters. The molecule has 1 N–H and O–H groups in total. The summed E-state index contributed by atoms with van der Waals surface area (Å²) >= 11 is 6.21. The fourth-order valence-electron chi connectivity index (χ4n) is 2.20. The number of nitrogens with zero attached hydrogens (tertiary/aromatic N) is 1. The summed E-state index contributed by atoms with van der Waals surface area (Å²) in [6.45, 7) is 1.15. The van der Waals surface area contributed by atoms with Gasteiger partial charge in [0.2, 0.25) is 5.91 Å². The summed E-state index contributed by atoms with van der Waals surface area (Å²) in [6, 6.07) is 8.86. The van der Waals surface area contributed by atoms with Gasteiger partial charge in [0.05, 0.1) is 24.7 Å². The van der Waals surface area contributed by atoms with Crippen LogP contribution in [0.25, 0.3) is 0 Å². The van der Waals surface area contributed by atoms with Crippen LogP contribution in [0.5, 0.6) is 11.5 Å². The predicted molar refractivity (Wildman–Crippen MR) is 83.6 cm³/mol. The van der Waals surface area contributed by atoms with Gasteiger partial charge in [-0.3, -0.25) is 4.79 Å². The lowest BCUT2D eigenvalue weighted by atomic mass is 10.1. The zero-order valence-corrected chi connectivity index (χ0v) is 12.6. The first-order chi connectivity index (χ1) is 10.7. The van der Waals surface area contributed by atoms with Crippen LogP contribution in [0.1, 0.15) is 12.0 Å². The number of rotatable bonds is 3. The van der Waals surface area contributed by atoms with Gasteiger partial charge < -0.3 is 14.8 Å². The van der Waals surface area contributed by atoms with Crippen molar-refractivity contribution in [1.82, 2.24) is 4.98 Å². The van der Waals surface area contributed by atoms with E-state index in [0.29, 0.717) is 35.6 Å². The molecular weight excluding hydrogens is 304 g/mol. The van der Waals surface area contributed by atoms with Crippen LogP contribution >= 0.6 is 11.6 Å². The van der Waals surface area contributed by atoms with Gasteiger partial charge in [-0.2, -0.15) is 0 Å². The minimum Gasteiger partial charge on any atom is -0.489 e. The monoisotopic (exact) mass is 318 g/mol. The Bertz CT molecular complexity index is 677. The van der Waals surface area contributed by atoms with E-state index in [1.807, 2.05) is 6.07 Å². The largest absolute Gasteiger partial charge is 0.489 e. The zero-order chi connectivity index (χ0) is 15.4. The molecule has 2 heterocycles. The van der Waals surface area contributed by atoms with E-state index in [9.17, 15) is 4.79 Å². The van der Waals surface area contributed by atoms with Crippen molar-refractivity contribution >= 4 is 23.3 Å². The topological polar surface area (TPSA) is 60.5 Å². The number of pyridine rings is 1. The summed E-state index contributed by atoms with van der Waals surface area (Å²) in [5, 5.41) is 3.20. The molecule has 0 saturated carbocycles. The normalized spacial score (nSPS) is 13.3. The van der Waals surface area contributed by atoms with E-state index in [1.165, 1.54) is 0 Å². The highest BCUT2D eigenvalue weighted by Crippen LogP contribution is 2.38. The Morgan fingerprint density at radius 3 is 2.95 bits per heavy atom. The molecule has 0 radical (unpaired) electrons. The molecule has 6 heteroatoms. The number of halogens is 1. The van der Waals surface area contributed by atoms with E-state index in [0.717, 1.165) is 12.0 Å². The third-order valence-electron chi connectivity index (χ3n) is 3.16. The van der Waals surface area contributed by atoms with Crippen molar-refractivity contribution in [1.29, 1.82) is 0 Å². The number of hydrogen-bond donors (Lipinski definition) is 1. The van der Waals surface area contributed by atoms with E-state index in [1.54, 1.807) is 30.5 Å². The quantitative estimate of drug-likeness (QED) is 0.944. The Kier molecular flexibility index (Phi) is 4.44. The lowest BCUT2D eigenvalue weighted by Gasteiger charge is -2.11. The first-order valence-corrected chi connectivity index (χ1v) is 7.39. The molecule has 1 aliphatic rings. The highest BCUT2D eigenvalue weighted by Gasteiger charge is 2.16. The lowest BCUT2D eigenvalue weighted by Crippen LogP contribution is -2.15. The molecule has 1 aromatic heterocycles. The number of carbonyl (C=O) groups is 1. The van der Waals surface area contributed by atoms with Crippen LogP contribution in [-0.4, -0.2) is 24.1 Å². The van der Waals surface area contributed by atoms with Gasteiger partial charge in [-0.05, 0) is 29.8 Å². The molecule has 5 nitrogen and oxygen atoms in total. The molecule has 0 fully saturated rings. The summed E-state index contributed by atoms with van der Waals surface area (Å²) in [6.07, 6.45) is 2.62. The Morgan fingerprint density at radius 2 is 2.14 bits per heavy atom. The average molecular weight is 319 g/mol. The van der Waals surface area contributed by atoms with Crippen molar-refractivity contribution in [2.75, 3.05) is 18.5 Å². The smallest absolute Gasteiger partial charge is 0.229 e. The molecule has 0 unspecified atom stereocenters. The van der Waals surface area contributed by atoms with Crippen LogP contribution in [0.4, 0.5) is 5.82 Å². The number of ether oxygens (including phenoxy) is 2. The predicted octanol–water partition coefficient (Wildman–Crippen LogP) is 3.08. The molecule has 0 spiro atoms. The maximum absolute atomic E-state index is 12.1. The van der Waals surface area contributed by atoms with Crippen molar-refractivity contribution in [3.8, 4) is 11.5 Å². The molecule has 2 aromatic rings. The molecule has 22 heavy (non-hydrogen) atoms. The summed E-state index contributed by atoms with van der Waals surface area (Å²) in [4.78, 5) is 16.1. The molecule has 0 bridgehead atoms. The number of anilines is 1. The van der Waals surface area contributed by atoms with Crippen LogP contribution in [-0.2, 0) is 11.2 Å². The summed E-state index contributed by atoms with van der Waals surface area (Å²) < 4.78 is 11.2. The molecule has 0 aliphatic carbocycles. The first-order valence-electron chi connectivity index (χ1n) is 7.01. The van der Waals surface area contributed by atoms with Gasteiger partial charge in [-0.1, -0.05) is 17.7 Å². The van der Waals surface area contributed by atoms with Gasteiger partial charge in [-0.15, -0.1) is 0 Å². The van der Waals surface area contributed by atoms with Crippen LogP contribution in [0.2, 0.25) is 5.02 Å². The molecule has 1 amide bonds. The van der Waals surface area contributed by atoms with Gasteiger partial charge in [0.25, 0.3) is 0 Å². The maximum atomic E-state index is 12.1. The second-order valence-electron chi connectivity index (χ2n) is 4.90. The second-order valence-corrected chi connectivity index (χ2v) is 5.30. The lowest BCUT2D eigenvalue weighted by molar-refractivity contribution is -0.115. The van der Waals surface area contributed by atoms with E-state index in [4.69, 9.17) is 21.1 Å².